The van der Waals surface area contributed by atoms with Crippen LogP contribution in [0.2, 0.25) is 5.02 Å². The molecule has 0 amide bonds. The molecule has 0 bridgehead atoms. The van der Waals surface area contributed by atoms with E-state index in [0.717, 1.165) is 18.7 Å². The molecule has 0 atom stereocenters. The summed E-state index contributed by atoms with van der Waals surface area (Å²) >= 11 is 5.89. The zero-order valence-electron chi connectivity index (χ0n) is 16.1. The van der Waals surface area contributed by atoms with Crippen LogP contribution in [0.4, 0.5) is 26.3 Å². The van der Waals surface area contributed by atoms with Gasteiger partial charge in [0.1, 0.15) is 5.75 Å². The first-order valence-electron chi connectivity index (χ1n) is 7.78. The van der Waals surface area contributed by atoms with Crippen LogP contribution in [0.25, 0.3) is 0 Å². The lowest BCUT2D eigenvalue weighted by atomic mass is 10.2. The van der Waals surface area contributed by atoms with Gasteiger partial charge in [0.2, 0.25) is 0 Å². The van der Waals surface area contributed by atoms with Crippen LogP contribution < -0.4 is 0 Å². The fourth-order valence-electron chi connectivity index (χ4n) is 1.42. The van der Waals surface area contributed by atoms with Crippen molar-refractivity contribution in [2.75, 3.05) is 34.2 Å². The third-order valence-corrected chi connectivity index (χ3v) is 3.13. The Bertz CT molecular complexity index is 659. The highest BCUT2D eigenvalue weighted by molar-refractivity contribution is 6.30. The number of aromatic hydroxyl groups is 1. The van der Waals surface area contributed by atoms with Crippen molar-refractivity contribution in [3.05, 3.63) is 28.8 Å². The van der Waals surface area contributed by atoms with Gasteiger partial charge in [0.25, 0.3) is 0 Å². The van der Waals surface area contributed by atoms with Crippen molar-refractivity contribution >= 4 is 23.5 Å². The minimum atomic E-state index is -5.08. The van der Waals surface area contributed by atoms with E-state index in [-0.39, 0.29) is 0 Å². The van der Waals surface area contributed by atoms with Crippen LogP contribution in [-0.4, -0.2) is 83.6 Å². The molecule has 0 aliphatic rings. The zero-order valence-corrected chi connectivity index (χ0v) is 16.8. The SMILES string of the molecule is CN(C)CCN(C)Cc1cc(Cl)ccc1O.O=C(O)C(F)(F)F.O=C(O)C(F)(F)F. The number of aliphatic carboxylic acids is 2. The summed E-state index contributed by atoms with van der Waals surface area (Å²) < 4.78 is 63.5. The summed E-state index contributed by atoms with van der Waals surface area (Å²) in [6.45, 7) is 2.66. The van der Waals surface area contributed by atoms with Gasteiger partial charge in [-0.1, -0.05) is 11.6 Å². The lowest BCUT2D eigenvalue weighted by molar-refractivity contribution is -0.193. The maximum atomic E-state index is 10.6. The summed E-state index contributed by atoms with van der Waals surface area (Å²) in [5.41, 5.74) is 0.869. The number of phenols is 1. The number of hydrogen-bond donors (Lipinski definition) is 3. The molecule has 0 radical (unpaired) electrons. The molecule has 7 nitrogen and oxygen atoms in total. The van der Waals surface area contributed by atoms with Crippen molar-refractivity contribution in [1.29, 1.82) is 0 Å². The summed E-state index contributed by atoms with van der Waals surface area (Å²) in [6, 6.07) is 5.14. The van der Waals surface area contributed by atoms with E-state index in [1.54, 1.807) is 12.1 Å². The molecule has 0 unspecified atom stereocenters. The molecule has 1 aromatic rings. The second-order valence-electron chi connectivity index (χ2n) is 5.92. The predicted molar refractivity (Wildman–Crippen MR) is 95.4 cm³/mol. The third-order valence-electron chi connectivity index (χ3n) is 2.90. The number of phenolic OH excluding ortho intramolecular Hbond substituents is 1. The summed E-state index contributed by atoms with van der Waals surface area (Å²) in [4.78, 5) is 22.1. The number of likely N-dealkylation sites (N-methyl/N-ethyl adjacent to an activating group) is 2. The molecule has 3 N–H and O–H groups in total. The topological polar surface area (TPSA) is 101 Å². The van der Waals surface area contributed by atoms with Gasteiger partial charge in [-0.25, -0.2) is 9.59 Å². The fourth-order valence-corrected chi connectivity index (χ4v) is 1.62. The Hall–Kier alpha value is -2.25. The highest BCUT2D eigenvalue weighted by Crippen LogP contribution is 2.22. The largest absolute Gasteiger partial charge is 0.508 e. The van der Waals surface area contributed by atoms with E-state index in [1.165, 1.54) is 0 Å². The van der Waals surface area contributed by atoms with Gasteiger partial charge in [-0.05, 0) is 39.3 Å². The number of alkyl halides is 6. The van der Waals surface area contributed by atoms with Crippen molar-refractivity contribution in [1.82, 2.24) is 9.80 Å². The van der Waals surface area contributed by atoms with Gasteiger partial charge in [0, 0.05) is 30.2 Å². The van der Waals surface area contributed by atoms with Crippen molar-refractivity contribution in [3.8, 4) is 5.75 Å². The molecule has 0 heterocycles. The minimum Gasteiger partial charge on any atom is -0.508 e. The Morgan fingerprint density at radius 2 is 1.33 bits per heavy atom. The monoisotopic (exact) mass is 470 g/mol. The number of hydrogen-bond acceptors (Lipinski definition) is 5. The Balaban J connectivity index is 0. The lowest BCUT2D eigenvalue weighted by Crippen LogP contribution is -2.28. The van der Waals surface area contributed by atoms with Gasteiger partial charge in [0.15, 0.2) is 0 Å². The zero-order chi connectivity index (χ0) is 24.3. The molecule has 0 aromatic heterocycles. The molecule has 174 valence electrons. The smallest absolute Gasteiger partial charge is 0.490 e. The molecule has 14 heteroatoms. The van der Waals surface area contributed by atoms with E-state index in [1.807, 2.05) is 27.2 Å². The van der Waals surface area contributed by atoms with Gasteiger partial charge >= 0.3 is 24.3 Å². The average molecular weight is 471 g/mol. The first kappa shape index (κ1) is 29.9. The molecular formula is C16H21ClF6N2O5. The first-order valence-corrected chi connectivity index (χ1v) is 8.16. The first-order chi connectivity index (χ1) is 13.4. The van der Waals surface area contributed by atoms with E-state index in [2.05, 4.69) is 9.80 Å². The summed E-state index contributed by atoms with van der Waals surface area (Å²) in [5.74, 6) is -5.21. The second kappa shape index (κ2) is 13.1. The standard InChI is InChI=1S/C12H19ClN2O.2C2HF3O2/c1-14(2)6-7-15(3)9-10-8-11(13)4-5-12(10)16;2*3-2(4,5)1(6)7/h4-5,8,16H,6-7,9H2,1-3H3;2*(H,6,7). The van der Waals surface area contributed by atoms with Crippen LogP contribution in [0.15, 0.2) is 18.2 Å². The Kier molecular flexibility index (Phi) is 13.1. The molecule has 30 heavy (non-hydrogen) atoms. The van der Waals surface area contributed by atoms with Crippen LogP contribution >= 0.6 is 11.6 Å². The van der Waals surface area contributed by atoms with Crippen molar-refractivity contribution < 1.29 is 51.3 Å². The number of benzene rings is 1. The molecule has 0 saturated heterocycles. The number of carboxylic acid groups (broad SMARTS) is 2. The van der Waals surface area contributed by atoms with Gasteiger partial charge in [-0.3, -0.25) is 0 Å². The maximum absolute atomic E-state index is 10.6. The van der Waals surface area contributed by atoms with Crippen LogP contribution in [-0.2, 0) is 16.1 Å². The van der Waals surface area contributed by atoms with Crippen LogP contribution in [0, 0.1) is 0 Å². The molecule has 0 fully saturated rings. The molecule has 0 spiro atoms. The number of halogens is 7. The normalized spacial score (nSPS) is 11.3. The Labute approximate surface area is 173 Å². The van der Waals surface area contributed by atoms with Crippen molar-refractivity contribution in [3.63, 3.8) is 0 Å². The van der Waals surface area contributed by atoms with E-state index in [4.69, 9.17) is 31.4 Å². The molecule has 1 aromatic carbocycles. The van der Waals surface area contributed by atoms with Crippen LogP contribution in [0.1, 0.15) is 5.56 Å². The van der Waals surface area contributed by atoms with Gasteiger partial charge in [0.05, 0.1) is 0 Å². The van der Waals surface area contributed by atoms with E-state index < -0.39 is 24.3 Å². The van der Waals surface area contributed by atoms with Crippen LogP contribution in [0.3, 0.4) is 0 Å². The quantitative estimate of drug-likeness (QED) is 0.568. The number of carboxylic acids is 2. The molecule has 1 rings (SSSR count). The maximum Gasteiger partial charge on any atom is 0.490 e. The van der Waals surface area contributed by atoms with Crippen molar-refractivity contribution in [2.24, 2.45) is 0 Å². The Morgan fingerprint density at radius 1 is 0.933 bits per heavy atom. The summed E-state index contributed by atoms with van der Waals surface area (Å²) in [6.07, 6.45) is -10.2. The van der Waals surface area contributed by atoms with Gasteiger partial charge in [-0.15, -0.1) is 0 Å². The van der Waals surface area contributed by atoms with E-state index >= 15 is 0 Å². The van der Waals surface area contributed by atoms with E-state index in [9.17, 15) is 31.4 Å². The average Bonchev–Trinajstić information content (AvgIpc) is 2.55. The molecule has 0 saturated carbocycles. The predicted octanol–water partition coefficient (Wildman–Crippen LogP) is 3.31. The molecule has 0 aliphatic heterocycles. The minimum absolute atomic E-state index is 0.307. The summed E-state index contributed by atoms with van der Waals surface area (Å²) in [7, 11) is 6.12. The number of rotatable bonds is 5. The summed E-state index contributed by atoms with van der Waals surface area (Å²) in [5, 5.41) is 24.6. The second-order valence-corrected chi connectivity index (χ2v) is 6.36. The Morgan fingerprint density at radius 3 is 1.67 bits per heavy atom. The van der Waals surface area contributed by atoms with Crippen molar-refractivity contribution in [2.45, 2.75) is 18.9 Å². The van der Waals surface area contributed by atoms with Gasteiger partial charge in [-0.2, -0.15) is 26.3 Å². The number of carbonyl (C=O) groups is 2. The molecular weight excluding hydrogens is 450 g/mol. The molecule has 0 aliphatic carbocycles. The number of nitrogens with zero attached hydrogens (tertiary/aromatic N) is 2. The highest BCUT2D eigenvalue weighted by Gasteiger charge is 2.38. The fraction of sp³-hybridized carbons (Fsp3) is 0.500. The third kappa shape index (κ3) is 15.6. The van der Waals surface area contributed by atoms with Crippen LogP contribution in [0.5, 0.6) is 5.75 Å². The highest BCUT2D eigenvalue weighted by atomic mass is 35.5. The lowest BCUT2D eigenvalue weighted by Gasteiger charge is -2.19. The van der Waals surface area contributed by atoms with Gasteiger partial charge < -0.3 is 25.1 Å². The van der Waals surface area contributed by atoms with E-state index in [0.29, 0.717) is 17.3 Å².